The van der Waals surface area contributed by atoms with Gasteiger partial charge in [0.1, 0.15) is 5.60 Å². The summed E-state index contributed by atoms with van der Waals surface area (Å²) in [6.45, 7) is 7.97. The van der Waals surface area contributed by atoms with Crippen LogP contribution < -0.4 is 5.73 Å². The first kappa shape index (κ1) is 13.6. The van der Waals surface area contributed by atoms with Crippen LogP contribution in [0.3, 0.4) is 0 Å². The molecule has 0 saturated carbocycles. The second kappa shape index (κ2) is 5.77. The van der Waals surface area contributed by atoms with Gasteiger partial charge < -0.3 is 15.4 Å². The highest BCUT2D eigenvalue weighted by molar-refractivity contribution is 7.99. The zero-order chi connectivity index (χ0) is 12.2. The maximum Gasteiger partial charge on any atom is 0.410 e. The summed E-state index contributed by atoms with van der Waals surface area (Å²) in [6, 6.07) is 0. The molecule has 0 bridgehead atoms. The van der Waals surface area contributed by atoms with Crippen LogP contribution in [-0.2, 0) is 4.74 Å². The minimum atomic E-state index is -0.403. The molecule has 1 aliphatic rings. The molecule has 94 valence electrons. The number of amides is 1. The minimum Gasteiger partial charge on any atom is -0.444 e. The van der Waals surface area contributed by atoms with Gasteiger partial charge in [-0.05, 0) is 27.2 Å². The maximum atomic E-state index is 11.8. The Bertz CT molecular complexity index is 241. The van der Waals surface area contributed by atoms with Crippen molar-refractivity contribution in [3.63, 3.8) is 0 Å². The Morgan fingerprint density at radius 2 is 2.25 bits per heavy atom. The van der Waals surface area contributed by atoms with E-state index in [-0.39, 0.29) is 6.09 Å². The first-order chi connectivity index (χ1) is 7.42. The predicted molar refractivity (Wildman–Crippen MR) is 67.7 cm³/mol. The van der Waals surface area contributed by atoms with Crippen LogP contribution in [0.1, 0.15) is 27.2 Å². The molecule has 0 aromatic carbocycles. The predicted octanol–water partition coefficient (Wildman–Crippen LogP) is 1.69. The van der Waals surface area contributed by atoms with E-state index < -0.39 is 5.60 Å². The number of nitrogens with zero attached hydrogens (tertiary/aromatic N) is 1. The Labute approximate surface area is 102 Å². The van der Waals surface area contributed by atoms with Crippen molar-refractivity contribution in [2.75, 3.05) is 25.4 Å². The minimum absolute atomic E-state index is 0.191. The van der Waals surface area contributed by atoms with Gasteiger partial charge in [-0.3, -0.25) is 0 Å². The lowest BCUT2D eigenvalue weighted by atomic mass is 10.2. The van der Waals surface area contributed by atoms with Gasteiger partial charge in [-0.1, -0.05) is 0 Å². The topological polar surface area (TPSA) is 55.6 Å². The third kappa shape index (κ3) is 4.61. The van der Waals surface area contributed by atoms with Crippen LogP contribution in [0.4, 0.5) is 4.79 Å². The van der Waals surface area contributed by atoms with Gasteiger partial charge in [-0.25, -0.2) is 4.79 Å². The summed E-state index contributed by atoms with van der Waals surface area (Å²) in [5.41, 5.74) is 5.06. The van der Waals surface area contributed by atoms with Crippen molar-refractivity contribution in [1.82, 2.24) is 4.90 Å². The average molecular weight is 246 g/mol. The quantitative estimate of drug-likeness (QED) is 0.823. The summed E-state index contributed by atoms with van der Waals surface area (Å²) >= 11 is 1.85. The number of thioether (sulfide) groups is 1. The van der Waals surface area contributed by atoms with Gasteiger partial charge in [0.25, 0.3) is 0 Å². The fourth-order valence-electron chi connectivity index (χ4n) is 1.59. The maximum absolute atomic E-state index is 11.8. The molecule has 0 aromatic heterocycles. The van der Waals surface area contributed by atoms with Crippen molar-refractivity contribution < 1.29 is 9.53 Å². The number of likely N-dealkylation sites (tertiary alicyclic amines) is 1. The molecule has 0 unspecified atom stereocenters. The van der Waals surface area contributed by atoms with Gasteiger partial charge in [0, 0.05) is 30.6 Å². The number of rotatable bonds is 3. The highest BCUT2D eigenvalue weighted by Gasteiger charge is 2.29. The van der Waals surface area contributed by atoms with Crippen LogP contribution in [0.2, 0.25) is 0 Å². The molecule has 2 N–H and O–H groups in total. The van der Waals surface area contributed by atoms with Gasteiger partial charge in [-0.15, -0.1) is 0 Å². The van der Waals surface area contributed by atoms with Crippen molar-refractivity contribution >= 4 is 17.9 Å². The van der Waals surface area contributed by atoms with E-state index in [4.69, 9.17) is 10.5 Å². The van der Waals surface area contributed by atoms with E-state index >= 15 is 0 Å². The zero-order valence-electron chi connectivity index (χ0n) is 10.4. The van der Waals surface area contributed by atoms with E-state index in [0.29, 0.717) is 11.8 Å². The van der Waals surface area contributed by atoms with E-state index in [1.165, 1.54) is 0 Å². The average Bonchev–Trinajstić information content (AvgIpc) is 2.60. The van der Waals surface area contributed by atoms with Gasteiger partial charge in [0.2, 0.25) is 0 Å². The van der Waals surface area contributed by atoms with Crippen LogP contribution in [0, 0.1) is 0 Å². The normalized spacial score (nSPS) is 21.2. The molecule has 1 aliphatic heterocycles. The van der Waals surface area contributed by atoms with Gasteiger partial charge in [0.05, 0.1) is 0 Å². The van der Waals surface area contributed by atoms with Crippen molar-refractivity contribution in [3.05, 3.63) is 0 Å². The molecular weight excluding hydrogens is 224 g/mol. The molecule has 0 radical (unpaired) electrons. The van der Waals surface area contributed by atoms with Crippen LogP contribution in [0.5, 0.6) is 0 Å². The molecule has 1 atom stereocenters. The van der Waals surface area contributed by atoms with Crippen LogP contribution >= 0.6 is 11.8 Å². The first-order valence-corrected chi connectivity index (χ1v) is 6.77. The smallest absolute Gasteiger partial charge is 0.410 e. The molecule has 0 spiro atoms. The lowest BCUT2D eigenvalue weighted by Gasteiger charge is -2.24. The number of hydrogen-bond donors (Lipinski definition) is 1. The third-order valence-corrected chi connectivity index (χ3v) is 3.60. The van der Waals surface area contributed by atoms with Gasteiger partial charge in [0.15, 0.2) is 0 Å². The number of nitrogens with two attached hydrogens (primary N) is 1. The molecule has 4 nitrogen and oxygen atoms in total. The highest BCUT2D eigenvalue weighted by atomic mass is 32.2. The second-order valence-corrected chi connectivity index (χ2v) is 6.40. The molecule has 1 fully saturated rings. The lowest BCUT2D eigenvalue weighted by molar-refractivity contribution is 0.0295. The summed E-state index contributed by atoms with van der Waals surface area (Å²) in [5.74, 6) is 0.965. The number of carbonyl (C=O) groups is 1. The van der Waals surface area contributed by atoms with Gasteiger partial charge in [-0.2, -0.15) is 11.8 Å². The number of hydrogen-bond acceptors (Lipinski definition) is 4. The Kier molecular flexibility index (Phi) is 4.92. The molecule has 1 rings (SSSR count). The molecule has 1 heterocycles. The van der Waals surface area contributed by atoms with Gasteiger partial charge >= 0.3 is 6.09 Å². The Morgan fingerprint density at radius 3 is 2.81 bits per heavy atom. The SMILES string of the molecule is CC(C)(C)OC(=O)N1CC[C@H](SCCN)C1. The number of carbonyl (C=O) groups excluding carboxylic acids is 1. The highest BCUT2D eigenvalue weighted by Crippen LogP contribution is 2.23. The molecule has 0 aromatic rings. The molecule has 16 heavy (non-hydrogen) atoms. The van der Waals surface area contributed by atoms with E-state index in [1.54, 1.807) is 4.90 Å². The van der Waals surface area contributed by atoms with E-state index in [1.807, 2.05) is 32.5 Å². The second-order valence-electron chi connectivity index (χ2n) is 5.00. The summed E-state index contributed by atoms with van der Waals surface area (Å²) in [7, 11) is 0. The first-order valence-electron chi connectivity index (χ1n) is 5.72. The van der Waals surface area contributed by atoms with Crippen LogP contribution in [-0.4, -0.2) is 47.2 Å². The fourth-order valence-corrected chi connectivity index (χ4v) is 2.62. The summed E-state index contributed by atoms with van der Waals surface area (Å²) in [4.78, 5) is 13.5. The summed E-state index contributed by atoms with van der Waals surface area (Å²) in [6.07, 6.45) is 0.854. The lowest BCUT2D eigenvalue weighted by Crippen LogP contribution is -2.35. The molecular formula is C11H22N2O2S. The zero-order valence-corrected chi connectivity index (χ0v) is 11.2. The van der Waals surface area contributed by atoms with Crippen LogP contribution in [0.15, 0.2) is 0 Å². The van der Waals surface area contributed by atoms with Crippen molar-refractivity contribution in [2.24, 2.45) is 5.73 Å². The van der Waals surface area contributed by atoms with Crippen molar-refractivity contribution in [1.29, 1.82) is 0 Å². The Hall–Kier alpha value is -0.420. The Balaban J connectivity index is 2.32. The molecule has 1 saturated heterocycles. The van der Waals surface area contributed by atoms with E-state index in [0.717, 1.165) is 25.3 Å². The summed E-state index contributed by atoms with van der Waals surface area (Å²) in [5, 5.41) is 0.524. The van der Waals surface area contributed by atoms with Crippen LogP contribution in [0.25, 0.3) is 0 Å². The standard InChI is InChI=1S/C11H22N2O2S/c1-11(2,3)15-10(14)13-6-4-9(8-13)16-7-5-12/h9H,4-8,12H2,1-3H3/t9-/m0/s1. The molecule has 1 amide bonds. The summed E-state index contributed by atoms with van der Waals surface area (Å²) < 4.78 is 5.33. The largest absolute Gasteiger partial charge is 0.444 e. The molecule has 0 aliphatic carbocycles. The van der Waals surface area contributed by atoms with E-state index in [9.17, 15) is 4.79 Å². The number of ether oxygens (including phenoxy) is 1. The van der Waals surface area contributed by atoms with Crippen molar-refractivity contribution in [2.45, 2.75) is 38.0 Å². The fraction of sp³-hybridized carbons (Fsp3) is 0.909. The monoisotopic (exact) mass is 246 g/mol. The van der Waals surface area contributed by atoms with Crippen molar-refractivity contribution in [3.8, 4) is 0 Å². The Morgan fingerprint density at radius 1 is 1.56 bits per heavy atom. The third-order valence-electron chi connectivity index (χ3n) is 2.27. The molecule has 5 heteroatoms. The van der Waals surface area contributed by atoms with E-state index in [2.05, 4.69) is 0 Å².